The first-order chi connectivity index (χ1) is 5.74. The van der Waals surface area contributed by atoms with Crippen molar-refractivity contribution in [2.45, 2.75) is 0 Å². The van der Waals surface area contributed by atoms with Crippen molar-refractivity contribution in [1.82, 2.24) is 4.98 Å². The third kappa shape index (κ3) is 2.41. The van der Waals surface area contributed by atoms with Gasteiger partial charge in [-0.25, -0.2) is 4.98 Å². The molecule has 0 aliphatic carbocycles. The first kappa shape index (κ1) is 9.38. The van der Waals surface area contributed by atoms with E-state index in [1.54, 1.807) is 19.5 Å². The summed E-state index contributed by atoms with van der Waals surface area (Å²) < 4.78 is 0.961. The average Bonchev–Trinajstić information content (AvgIpc) is 2.03. The molecule has 0 bridgehead atoms. The molecule has 1 heterocycles. The summed E-state index contributed by atoms with van der Waals surface area (Å²) >= 11 is 2.16. The topological polar surface area (TPSA) is 25.2 Å². The molecule has 0 amide bonds. The second-order valence-corrected chi connectivity index (χ2v) is 3.39. The lowest BCUT2D eigenvalue weighted by Gasteiger charge is -1.88. The Labute approximate surface area is 84.9 Å². The van der Waals surface area contributed by atoms with Crippen LogP contribution in [0.5, 0.6) is 0 Å². The van der Waals surface area contributed by atoms with Gasteiger partial charge in [-0.05, 0) is 40.0 Å². The highest BCUT2D eigenvalue weighted by Gasteiger charge is 1.85. The standard InChI is InChI=1S/C9H9IN2/c1-7-5-9(10)12-6-8(7)3-4-11-2/h3-6H,1H2,2H3/b8-3-,11-4?. The molecule has 1 rings (SSSR count). The molecule has 1 aromatic heterocycles. The fraction of sp³-hybridized carbons (Fsp3) is 0.111. The van der Waals surface area contributed by atoms with E-state index in [0.717, 1.165) is 14.1 Å². The lowest BCUT2D eigenvalue weighted by Crippen LogP contribution is -2.24. The SMILES string of the molecule is C=c1cc(I)nc/c1=C/C=NC. The number of halogens is 1. The maximum atomic E-state index is 4.15. The van der Waals surface area contributed by atoms with Crippen molar-refractivity contribution in [3.63, 3.8) is 0 Å². The van der Waals surface area contributed by atoms with Gasteiger partial charge in [-0.15, -0.1) is 0 Å². The predicted molar refractivity (Wildman–Crippen MR) is 60.6 cm³/mol. The summed E-state index contributed by atoms with van der Waals surface area (Å²) in [7, 11) is 1.74. The minimum Gasteiger partial charge on any atom is -0.296 e. The average molecular weight is 272 g/mol. The van der Waals surface area contributed by atoms with Crippen molar-refractivity contribution in [2.24, 2.45) is 4.99 Å². The molecule has 0 aromatic carbocycles. The number of rotatable bonds is 1. The monoisotopic (exact) mass is 272 g/mol. The number of nitrogens with zero attached hydrogens (tertiary/aromatic N) is 2. The second kappa shape index (κ2) is 4.35. The molecular weight excluding hydrogens is 263 g/mol. The zero-order valence-corrected chi connectivity index (χ0v) is 8.95. The highest BCUT2D eigenvalue weighted by atomic mass is 127. The van der Waals surface area contributed by atoms with Crippen molar-refractivity contribution >= 4 is 41.5 Å². The van der Waals surface area contributed by atoms with E-state index in [9.17, 15) is 0 Å². The van der Waals surface area contributed by atoms with Gasteiger partial charge in [0.15, 0.2) is 0 Å². The van der Waals surface area contributed by atoms with E-state index in [-0.39, 0.29) is 0 Å². The van der Waals surface area contributed by atoms with Crippen molar-refractivity contribution in [3.8, 4) is 0 Å². The van der Waals surface area contributed by atoms with Crippen LogP contribution in [0, 0.1) is 3.70 Å². The van der Waals surface area contributed by atoms with Crippen LogP contribution < -0.4 is 10.4 Å². The molecule has 0 atom stereocenters. The Kier molecular flexibility index (Phi) is 3.40. The van der Waals surface area contributed by atoms with Crippen molar-refractivity contribution < 1.29 is 0 Å². The summed E-state index contributed by atoms with van der Waals surface area (Å²) in [5.74, 6) is 0. The molecule has 3 heteroatoms. The van der Waals surface area contributed by atoms with E-state index in [1.807, 2.05) is 12.1 Å². The molecule has 0 aliphatic heterocycles. The van der Waals surface area contributed by atoms with Crippen molar-refractivity contribution in [2.75, 3.05) is 7.05 Å². The van der Waals surface area contributed by atoms with Crippen LogP contribution in [-0.4, -0.2) is 18.2 Å². The van der Waals surface area contributed by atoms with Crippen LogP contribution in [0.15, 0.2) is 17.3 Å². The van der Waals surface area contributed by atoms with Gasteiger partial charge < -0.3 is 0 Å². The van der Waals surface area contributed by atoms with E-state index in [2.05, 4.69) is 39.1 Å². The fourth-order valence-electron chi connectivity index (χ4n) is 0.783. The Morgan fingerprint density at radius 2 is 2.42 bits per heavy atom. The molecule has 0 saturated carbocycles. The van der Waals surface area contributed by atoms with Crippen LogP contribution in [0.1, 0.15) is 0 Å². The lowest BCUT2D eigenvalue weighted by atomic mass is 10.3. The van der Waals surface area contributed by atoms with Gasteiger partial charge >= 0.3 is 0 Å². The van der Waals surface area contributed by atoms with Crippen LogP contribution in [-0.2, 0) is 0 Å². The van der Waals surface area contributed by atoms with Crippen LogP contribution in [0.3, 0.4) is 0 Å². The van der Waals surface area contributed by atoms with E-state index in [1.165, 1.54) is 0 Å². The lowest BCUT2D eigenvalue weighted by molar-refractivity contribution is 1.23. The van der Waals surface area contributed by atoms with E-state index >= 15 is 0 Å². The highest BCUT2D eigenvalue weighted by Crippen LogP contribution is 1.89. The third-order valence-electron chi connectivity index (χ3n) is 1.39. The molecule has 12 heavy (non-hydrogen) atoms. The van der Waals surface area contributed by atoms with E-state index in [0.29, 0.717) is 0 Å². The predicted octanol–water partition coefficient (Wildman–Crippen LogP) is 0.578. The molecular formula is C9H9IN2. The second-order valence-electron chi connectivity index (χ2n) is 2.28. The Morgan fingerprint density at radius 1 is 1.67 bits per heavy atom. The molecule has 2 nitrogen and oxygen atoms in total. The van der Waals surface area contributed by atoms with Crippen LogP contribution in [0.4, 0.5) is 0 Å². The summed E-state index contributed by atoms with van der Waals surface area (Å²) in [5.41, 5.74) is 0. The molecule has 62 valence electrons. The number of pyridine rings is 1. The molecule has 0 radical (unpaired) electrons. The summed E-state index contributed by atoms with van der Waals surface area (Å²) in [6.45, 7) is 3.90. The molecule has 0 fully saturated rings. The van der Waals surface area contributed by atoms with Gasteiger partial charge in [0.2, 0.25) is 0 Å². The highest BCUT2D eigenvalue weighted by molar-refractivity contribution is 14.1. The van der Waals surface area contributed by atoms with Crippen LogP contribution >= 0.6 is 22.6 Å². The molecule has 0 aliphatic rings. The minimum absolute atomic E-state index is 0.961. The molecule has 0 N–H and O–H groups in total. The zero-order valence-electron chi connectivity index (χ0n) is 6.79. The maximum Gasteiger partial charge on any atom is 0.101 e. The summed E-state index contributed by atoms with van der Waals surface area (Å²) in [6.07, 6.45) is 5.43. The van der Waals surface area contributed by atoms with Crippen LogP contribution in [0.2, 0.25) is 0 Å². The molecule has 1 aromatic rings. The number of aromatic nitrogens is 1. The Morgan fingerprint density at radius 3 is 3.00 bits per heavy atom. The Bertz CT molecular complexity index is 395. The normalized spacial score (nSPS) is 12.7. The van der Waals surface area contributed by atoms with Gasteiger partial charge in [-0.2, -0.15) is 0 Å². The van der Waals surface area contributed by atoms with Gasteiger partial charge in [0.05, 0.1) is 0 Å². The third-order valence-corrected chi connectivity index (χ3v) is 1.98. The van der Waals surface area contributed by atoms with Gasteiger partial charge in [0, 0.05) is 24.7 Å². The Balaban J connectivity index is 3.28. The summed E-state index contributed by atoms with van der Waals surface area (Å²) in [4.78, 5) is 8.00. The number of hydrogen-bond acceptors (Lipinski definition) is 2. The minimum atomic E-state index is 0.961. The molecule has 0 spiro atoms. The summed E-state index contributed by atoms with van der Waals surface area (Å²) in [5, 5.41) is 2.00. The first-order valence-corrected chi connectivity index (χ1v) is 4.55. The smallest absolute Gasteiger partial charge is 0.101 e. The van der Waals surface area contributed by atoms with Gasteiger partial charge in [-0.1, -0.05) is 6.58 Å². The van der Waals surface area contributed by atoms with Crippen molar-refractivity contribution in [1.29, 1.82) is 0 Å². The number of hydrogen-bond donors (Lipinski definition) is 0. The van der Waals surface area contributed by atoms with E-state index in [4.69, 9.17) is 0 Å². The summed E-state index contributed by atoms with van der Waals surface area (Å²) in [6, 6.07) is 1.94. The molecule has 0 unspecified atom stereocenters. The van der Waals surface area contributed by atoms with Crippen molar-refractivity contribution in [3.05, 3.63) is 26.4 Å². The fourth-order valence-corrected chi connectivity index (χ4v) is 1.30. The quantitative estimate of drug-likeness (QED) is 0.417. The maximum absolute atomic E-state index is 4.15. The Hall–Kier alpha value is -0.710. The largest absolute Gasteiger partial charge is 0.296 e. The first-order valence-electron chi connectivity index (χ1n) is 3.47. The van der Waals surface area contributed by atoms with Gasteiger partial charge in [-0.3, -0.25) is 4.99 Å². The van der Waals surface area contributed by atoms with E-state index < -0.39 is 0 Å². The van der Waals surface area contributed by atoms with Gasteiger partial charge in [0.25, 0.3) is 0 Å². The zero-order chi connectivity index (χ0) is 8.97. The molecule has 0 saturated heterocycles. The van der Waals surface area contributed by atoms with Crippen LogP contribution in [0.25, 0.3) is 12.7 Å². The number of aliphatic imine (C=N–C) groups is 1. The van der Waals surface area contributed by atoms with Gasteiger partial charge in [0.1, 0.15) is 3.70 Å².